The summed E-state index contributed by atoms with van der Waals surface area (Å²) in [6, 6.07) is 11.9. The van der Waals surface area contributed by atoms with Gasteiger partial charge in [-0.3, -0.25) is 9.88 Å². The first-order valence-corrected chi connectivity index (χ1v) is 11.1. The van der Waals surface area contributed by atoms with Crippen LogP contribution in [0.15, 0.2) is 57.5 Å². The largest absolute Gasteiger partial charge is 0.454 e. The molecule has 4 heterocycles. The van der Waals surface area contributed by atoms with Gasteiger partial charge in [0.05, 0.1) is 13.2 Å². The summed E-state index contributed by atoms with van der Waals surface area (Å²) in [6.07, 6.45) is 3.90. The average Bonchev–Trinajstić information content (AvgIpc) is 3.27. The third-order valence-corrected chi connectivity index (χ3v) is 6.43. The molecule has 1 N–H and O–H groups in total. The van der Waals surface area contributed by atoms with Crippen LogP contribution in [0.4, 0.5) is 0 Å². The molecule has 162 valence electrons. The quantitative estimate of drug-likeness (QED) is 0.348. The van der Waals surface area contributed by atoms with Crippen molar-refractivity contribution in [1.82, 2.24) is 9.88 Å². The SMILES string of the molecule is Cl.O/N=c1\cc(-c2cc3sccc3cn2)oc2cc(CCCN3CCOCC3)ccc12. The highest BCUT2D eigenvalue weighted by Gasteiger charge is 2.11. The van der Waals surface area contributed by atoms with Gasteiger partial charge in [-0.1, -0.05) is 11.2 Å². The summed E-state index contributed by atoms with van der Waals surface area (Å²) in [4.78, 5) is 6.98. The minimum atomic E-state index is 0. The Morgan fingerprint density at radius 3 is 2.84 bits per heavy atom. The van der Waals surface area contributed by atoms with Gasteiger partial charge in [0.25, 0.3) is 0 Å². The van der Waals surface area contributed by atoms with E-state index < -0.39 is 0 Å². The van der Waals surface area contributed by atoms with Crippen molar-refractivity contribution in [2.45, 2.75) is 12.8 Å². The van der Waals surface area contributed by atoms with Crippen molar-refractivity contribution < 1.29 is 14.4 Å². The molecule has 1 aromatic carbocycles. The van der Waals surface area contributed by atoms with Crippen LogP contribution in [0.25, 0.3) is 32.5 Å². The van der Waals surface area contributed by atoms with Gasteiger partial charge < -0.3 is 14.4 Å². The molecule has 6 nitrogen and oxygen atoms in total. The van der Waals surface area contributed by atoms with Gasteiger partial charge >= 0.3 is 0 Å². The Kier molecular flexibility index (Phi) is 6.87. The summed E-state index contributed by atoms with van der Waals surface area (Å²) >= 11 is 1.67. The van der Waals surface area contributed by atoms with Gasteiger partial charge in [-0.25, -0.2) is 0 Å². The number of thiophene rings is 1. The molecule has 0 atom stereocenters. The number of hydrogen-bond donors (Lipinski definition) is 1. The van der Waals surface area contributed by atoms with Crippen LogP contribution >= 0.6 is 23.7 Å². The maximum Gasteiger partial charge on any atom is 0.155 e. The maximum absolute atomic E-state index is 9.55. The molecule has 1 aliphatic rings. The molecule has 3 aromatic heterocycles. The molecular weight excluding hydrogens is 434 g/mol. The fourth-order valence-electron chi connectivity index (χ4n) is 3.90. The summed E-state index contributed by atoms with van der Waals surface area (Å²) in [5.74, 6) is 0.594. The second-order valence-corrected chi connectivity index (χ2v) is 8.46. The molecule has 5 rings (SSSR count). The van der Waals surface area contributed by atoms with Crippen LogP contribution in [-0.2, 0) is 11.2 Å². The highest BCUT2D eigenvalue weighted by molar-refractivity contribution is 7.17. The number of benzene rings is 1. The number of aromatic nitrogens is 1. The molecule has 1 saturated heterocycles. The van der Waals surface area contributed by atoms with Gasteiger partial charge in [0.2, 0.25) is 0 Å². The number of pyridine rings is 1. The summed E-state index contributed by atoms with van der Waals surface area (Å²) in [6.45, 7) is 4.76. The lowest BCUT2D eigenvalue weighted by Crippen LogP contribution is -2.36. The zero-order chi connectivity index (χ0) is 20.3. The average molecular weight is 458 g/mol. The van der Waals surface area contributed by atoms with E-state index in [0.29, 0.717) is 16.7 Å². The number of rotatable bonds is 5. The van der Waals surface area contributed by atoms with Crippen molar-refractivity contribution in [2.24, 2.45) is 5.16 Å². The molecule has 0 saturated carbocycles. The molecular formula is C23H24ClN3O3S. The molecule has 0 unspecified atom stereocenters. The van der Waals surface area contributed by atoms with E-state index in [1.54, 1.807) is 17.4 Å². The van der Waals surface area contributed by atoms with Gasteiger partial charge in [0.1, 0.15) is 16.6 Å². The topological polar surface area (TPSA) is 71.1 Å². The normalized spacial score (nSPS) is 15.4. The summed E-state index contributed by atoms with van der Waals surface area (Å²) in [7, 11) is 0. The summed E-state index contributed by atoms with van der Waals surface area (Å²) in [5, 5.41) is 17.5. The highest BCUT2D eigenvalue weighted by atomic mass is 35.5. The first-order chi connectivity index (χ1) is 14.8. The van der Waals surface area contributed by atoms with Gasteiger partial charge in [-0.15, -0.1) is 23.7 Å². The van der Waals surface area contributed by atoms with Crippen LogP contribution in [-0.4, -0.2) is 47.9 Å². The molecule has 0 amide bonds. The van der Waals surface area contributed by atoms with Gasteiger partial charge in [0, 0.05) is 40.8 Å². The number of halogens is 1. The molecule has 0 bridgehead atoms. The molecule has 1 fully saturated rings. The number of aryl methyl sites for hydroxylation is 1. The Bertz CT molecular complexity index is 1250. The van der Waals surface area contributed by atoms with Crippen LogP contribution < -0.4 is 5.36 Å². The van der Waals surface area contributed by atoms with Crippen molar-refractivity contribution >= 4 is 44.8 Å². The molecule has 0 radical (unpaired) electrons. The fraction of sp³-hybridized carbons (Fsp3) is 0.304. The molecule has 31 heavy (non-hydrogen) atoms. The van der Waals surface area contributed by atoms with Crippen LogP contribution in [0.5, 0.6) is 0 Å². The van der Waals surface area contributed by atoms with E-state index in [4.69, 9.17) is 9.15 Å². The monoisotopic (exact) mass is 457 g/mol. The van der Waals surface area contributed by atoms with E-state index in [0.717, 1.165) is 66.9 Å². The lowest BCUT2D eigenvalue weighted by atomic mass is 10.1. The van der Waals surface area contributed by atoms with E-state index in [-0.39, 0.29) is 12.4 Å². The number of morpholine rings is 1. The minimum Gasteiger partial charge on any atom is -0.454 e. The van der Waals surface area contributed by atoms with Crippen LogP contribution in [0, 0.1) is 0 Å². The van der Waals surface area contributed by atoms with Crippen LogP contribution in [0.2, 0.25) is 0 Å². The number of hydrogen-bond acceptors (Lipinski definition) is 7. The first kappa shape index (κ1) is 21.8. The van der Waals surface area contributed by atoms with Crippen molar-refractivity contribution in [2.75, 3.05) is 32.8 Å². The highest BCUT2D eigenvalue weighted by Crippen LogP contribution is 2.27. The number of nitrogens with zero attached hydrogens (tertiary/aromatic N) is 3. The van der Waals surface area contributed by atoms with E-state index >= 15 is 0 Å². The molecule has 0 aliphatic carbocycles. The lowest BCUT2D eigenvalue weighted by molar-refractivity contribution is 0.0375. The Morgan fingerprint density at radius 1 is 1.13 bits per heavy atom. The summed E-state index contributed by atoms with van der Waals surface area (Å²) in [5.41, 5.74) is 2.65. The molecule has 0 spiro atoms. The van der Waals surface area contributed by atoms with E-state index in [1.807, 2.05) is 29.8 Å². The van der Waals surface area contributed by atoms with Crippen molar-refractivity contribution in [3.05, 3.63) is 58.9 Å². The summed E-state index contributed by atoms with van der Waals surface area (Å²) < 4.78 is 12.8. The Hall–Kier alpha value is -2.45. The Morgan fingerprint density at radius 2 is 2.00 bits per heavy atom. The van der Waals surface area contributed by atoms with Crippen molar-refractivity contribution in [1.29, 1.82) is 0 Å². The second kappa shape index (κ2) is 9.78. The molecule has 1 aliphatic heterocycles. The molecule has 8 heteroatoms. The predicted octanol–water partition coefficient (Wildman–Crippen LogP) is 4.69. The number of fused-ring (bicyclic) bond motifs is 2. The molecule has 4 aromatic rings. The van der Waals surface area contributed by atoms with E-state index in [9.17, 15) is 5.21 Å². The number of ether oxygens (including phenoxy) is 1. The first-order valence-electron chi connectivity index (χ1n) is 10.2. The lowest BCUT2D eigenvalue weighted by Gasteiger charge is -2.26. The second-order valence-electron chi connectivity index (χ2n) is 7.51. The third kappa shape index (κ3) is 4.75. The van der Waals surface area contributed by atoms with Crippen LogP contribution in [0.1, 0.15) is 12.0 Å². The van der Waals surface area contributed by atoms with Gasteiger partial charge in [0.15, 0.2) is 5.76 Å². The smallest absolute Gasteiger partial charge is 0.155 e. The fourth-order valence-corrected chi connectivity index (χ4v) is 4.70. The zero-order valence-corrected chi connectivity index (χ0v) is 18.6. The zero-order valence-electron chi connectivity index (χ0n) is 17.0. The Labute approximate surface area is 190 Å². The van der Waals surface area contributed by atoms with Crippen LogP contribution in [0.3, 0.4) is 0 Å². The Balaban J connectivity index is 0.00000231. The van der Waals surface area contributed by atoms with Gasteiger partial charge in [-0.2, -0.15) is 0 Å². The van der Waals surface area contributed by atoms with E-state index in [2.05, 4.69) is 27.2 Å². The van der Waals surface area contributed by atoms with Crippen molar-refractivity contribution in [3.63, 3.8) is 0 Å². The predicted molar refractivity (Wildman–Crippen MR) is 125 cm³/mol. The maximum atomic E-state index is 9.55. The minimum absolute atomic E-state index is 0. The standard InChI is InChI=1S/C23H23N3O3S.ClH/c27-25-19-13-22(20-14-23-17(15-24-20)5-11-30-23)29-21-12-16(3-4-18(19)21)2-1-6-26-7-9-28-10-8-26;/h3-5,11-15,27H,1-2,6-10H2;1H/b25-19+;. The third-order valence-electron chi connectivity index (χ3n) is 5.55. The van der Waals surface area contributed by atoms with E-state index in [1.165, 1.54) is 5.56 Å². The van der Waals surface area contributed by atoms with Crippen molar-refractivity contribution in [3.8, 4) is 11.5 Å². The van der Waals surface area contributed by atoms with Gasteiger partial charge in [-0.05, 0) is 54.6 Å².